The van der Waals surface area contributed by atoms with Crippen molar-refractivity contribution >= 4 is 20.1 Å². The average molecular weight is 650 g/mol. The summed E-state index contributed by atoms with van der Waals surface area (Å²) in [5.74, 6) is 3.36. The molecule has 0 amide bonds. The number of hydrogen-bond donors (Lipinski definition) is 0. The molecule has 0 radical (unpaired) electrons. The Labute approximate surface area is 278 Å². The summed E-state index contributed by atoms with van der Waals surface area (Å²) in [4.78, 5) is 3.90. The van der Waals surface area contributed by atoms with Crippen LogP contribution < -0.4 is 18.6 Å². The van der Waals surface area contributed by atoms with E-state index in [0.29, 0.717) is 5.25 Å². The second kappa shape index (κ2) is 15.8. The SMILES string of the molecule is COc1cc2c(cc1OC)CN(CCCCCCC(Sc1ccc(C)cc1)c1ccc(OC)c(O[Si](C)(C)C(C)(C)C)c1)CC2. The van der Waals surface area contributed by atoms with Crippen LogP contribution in [0.2, 0.25) is 18.1 Å². The summed E-state index contributed by atoms with van der Waals surface area (Å²) < 4.78 is 23.6. The molecule has 1 unspecified atom stereocenters. The van der Waals surface area contributed by atoms with Crippen LogP contribution in [-0.4, -0.2) is 47.6 Å². The van der Waals surface area contributed by atoms with E-state index in [2.05, 4.69) is 100 Å². The van der Waals surface area contributed by atoms with E-state index < -0.39 is 8.32 Å². The fraction of sp³-hybridized carbons (Fsp3) is 0.526. The van der Waals surface area contributed by atoms with Crippen LogP contribution in [0.1, 0.15) is 80.4 Å². The Kier molecular flexibility index (Phi) is 12.4. The number of aryl methyl sites for hydroxylation is 1. The minimum absolute atomic E-state index is 0.113. The molecule has 0 bridgehead atoms. The van der Waals surface area contributed by atoms with Crippen LogP contribution in [0.25, 0.3) is 0 Å². The number of thioether (sulfide) groups is 1. The van der Waals surface area contributed by atoms with Gasteiger partial charge >= 0.3 is 0 Å². The Morgan fingerprint density at radius 2 is 1.42 bits per heavy atom. The molecule has 45 heavy (non-hydrogen) atoms. The summed E-state index contributed by atoms with van der Waals surface area (Å²) in [7, 11) is 3.14. The Balaban J connectivity index is 1.37. The molecule has 3 aromatic carbocycles. The number of fused-ring (bicyclic) bond motifs is 1. The van der Waals surface area contributed by atoms with Crippen LogP contribution in [0, 0.1) is 6.92 Å². The Morgan fingerprint density at radius 3 is 2.07 bits per heavy atom. The second-order valence-electron chi connectivity index (χ2n) is 13.9. The third-order valence-electron chi connectivity index (χ3n) is 9.52. The molecule has 0 spiro atoms. The van der Waals surface area contributed by atoms with E-state index in [1.165, 1.54) is 52.8 Å². The number of unbranched alkanes of at least 4 members (excludes halogenated alkanes) is 3. The summed E-state index contributed by atoms with van der Waals surface area (Å²) in [5.41, 5.74) is 5.36. The molecule has 0 saturated heterocycles. The Hall–Kier alpha value is -2.61. The van der Waals surface area contributed by atoms with Crippen LogP contribution in [0.15, 0.2) is 59.5 Å². The summed E-state index contributed by atoms with van der Waals surface area (Å²) in [5, 5.41) is 0.466. The lowest BCUT2D eigenvalue weighted by Gasteiger charge is -2.37. The van der Waals surface area contributed by atoms with Gasteiger partial charge in [0, 0.05) is 23.2 Å². The third kappa shape index (κ3) is 9.46. The van der Waals surface area contributed by atoms with Crippen LogP contribution in [0.4, 0.5) is 0 Å². The third-order valence-corrected chi connectivity index (χ3v) is 15.2. The molecule has 246 valence electrons. The first-order valence-electron chi connectivity index (χ1n) is 16.5. The molecule has 0 aromatic heterocycles. The first kappa shape index (κ1) is 35.2. The quantitative estimate of drug-likeness (QED) is 0.0927. The van der Waals surface area contributed by atoms with Crippen LogP contribution in [0.5, 0.6) is 23.0 Å². The summed E-state index contributed by atoms with van der Waals surface area (Å²) in [6, 6.07) is 19.8. The number of ether oxygens (including phenoxy) is 3. The average Bonchev–Trinajstić information content (AvgIpc) is 3.01. The van der Waals surface area contributed by atoms with Gasteiger partial charge in [-0.1, -0.05) is 63.8 Å². The van der Waals surface area contributed by atoms with Crippen molar-refractivity contribution in [3.8, 4) is 23.0 Å². The molecular weight excluding hydrogens is 595 g/mol. The van der Waals surface area contributed by atoms with Crippen molar-refractivity contribution in [1.29, 1.82) is 0 Å². The van der Waals surface area contributed by atoms with Crippen molar-refractivity contribution in [2.24, 2.45) is 0 Å². The normalized spacial score (nSPS) is 14.5. The van der Waals surface area contributed by atoms with Crippen LogP contribution in [-0.2, 0) is 13.0 Å². The molecule has 0 fully saturated rings. The topological polar surface area (TPSA) is 40.2 Å². The van der Waals surface area contributed by atoms with Crippen molar-refractivity contribution in [1.82, 2.24) is 4.90 Å². The van der Waals surface area contributed by atoms with Crippen molar-refractivity contribution in [2.75, 3.05) is 34.4 Å². The highest BCUT2D eigenvalue weighted by Gasteiger charge is 2.39. The van der Waals surface area contributed by atoms with Crippen molar-refractivity contribution in [3.05, 3.63) is 76.9 Å². The van der Waals surface area contributed by atoms with Gasteiger partial charge in [-0.2, -0.15) is 0 Å². The fourth-order valence-corrected chi connectivity index (χ4v) is 7.83. The van der Waals surface area contributed by atoms with E-state index in [0.717, 1.165) is 55.5 Å². The number of nitrogens with zero attached hydrogens (tertiary/aromatic N) is 1. The molecule has 1 heterocycles. The lowest BCUT2D eigenvalue weighted by Crippen LogP contribution is -2.43. The van der Waals surface area contributed by atoms with Gasteiger partial charge in [0.15, 0.2) is 17.2 Å². The molecule has 0 saturated carbocycles. The van der Waals surface area contributed by atoms with Gasteiger partial charge in [-0.3, -0.25) is 4.90 Å². The molecule has 1 aliphatic heterocycles. The monoisotopic (exact) mass is 649 g/mol. The highest BCUT2D eigenvalue weighted by atomic mass is 32.2. The minimum atomic E-state index is -2.02. The van der Waals surface area contributed by atoms with Crippen molar-refractivity contribution in [3.63, 3.8) is 0 Å². The molecule has 1 aliphatic rings. The maximum atomic E-state index is 6.79. The van der Waals surface area contributed by atoms with Gasteiger partial charge in [-0.15, -0.1) is 11.8 Å². The molecule has 5 nitrogen and oxygen atoms in total. The van der Waals surface area contributed by atoms with Gasteiger partial charge in [0.25, 0.3) is 8.32 Å². The van der Waals surface area contributed by atoms with Crippen LogP contribution in [0.3, 0.4) is 0 Å². The van der Waals surface area contributed by atoms with Gasteiger partial charge in [0.2, 0.25) is 0 Å². The summed E-state index contributed by atoms with van der Waals surface area (Å²) in [6.07, 6.45) is 7.11. The molecule has 4 rings (SSSR count). The largest absolute Gasteiger partial charge is 0.541 e. The zero-order valence-electron chi connectivity index (χ0n) is 29.1. The first-order valence-corrected chi connectivity index (χ1v) is 20.3. The predicted octanol–water partition coefficient (Wildman–Crippen LogP) is 10.2. The number of hydrogen-bond acceptors (Lipinski definition) is 6. The first-order chi connectivity index (χ1) is 21.4. The highest BCUT2D eigenvalue weighted by molar-refractivity contribution is 7.99. The van der Waals surface area contributed by atoms with Crippen LogP contribution >= 0.6 is 11.8 Å². The minimum Gasteiger partial charge on any atom is -0.541 e. The van der Waals surface area contributed by atoms with E-state index in [4.69, 9.17) is 18.6 Å². The van der Waals surface area contributed by atoms with E-state index in [1.54, 1.807) is 21.3 Å². The lowest BCUT2D eigenvalue weighted by molar-refractivity contribution is 0.246. The van der Waals surface area contributed by atoms with Gasteiger partial charge < -0.3 is 18.6 Å². The van der Waals surface area contributed by atoms with Gasteiger partial charge in [-0.05, 0) is 104 Å². The maximum Gasteiger partial charge on any atom is 0.250 e. The maximum absolute atomic E-state index is 6.79. The number of benzene rings is 3. The van der Waals surface area contributed by atoms with Crippen molar-refractivity contribution < 1.29 is 18.6 Å². The number of rotatable bonds is 15. The molecule has 3 aromatic rings. The zero-order valence-corrected chi connectivity index (χ0v) is 30.9. The second-order valence-corrected chi connectivity index (χ2v) is 19.9. The smallest absolute Gasteiger partial charge is 0.250 e. The van der Waals surface area contributed by atoms with Gasteiger partial charge in [0.1, 0.15) is 5.75 Å². The van der Waals surface area contributed by atoms with Gasteiger partial charge in [-0.25, -0.2) is 0 Å². The number of methoxy groups -OCH3 is 3. The molecule has 7 heteroatoms. The Morgan fingerprint density at radius 1 is 0.778 bits per heavy atom. The molecule has 0 N–H and O–H groups in total. The van der Waals surface area contributed by atoms with E-state index in [-0.39, 0.29) is 5.04 Å². The van der Waals surface area contributed by atoms with E-state index in [1.807, 2.05) is 11.8 Å². The molecule has 0 aliphatic carbocycles. The fourth-order valence-electron chi connectivity index (χ4n) is 5.63. The van der Waals surface area contributed by atoms with Crippen molar-refractivity contribution in [2.45, 2.75) is 101 Å². The molecular formula is C38H55NO4SSi. The Bertz CT molecular complexity index is 1390. The lowest BCUT2D eigenvalue weighted by atomic mass is 9.98. The predicted molar refractivity (Wildman–Crippen MR) is 192 cm³/mol. The summed E-state index contributed by atoms with van der Waals surface area (Å²) >= 11 is 1.97. The van der Waals surface area contributed by atoms with E-state index in [9.17, 15) is 0 Å². The summed E-state index contributed by atoms with van der Waals surface area (Å²) in [6.45, 7) is 16.8. The standard InChI is InChI=1S/C38H55NO4SSi/c1-28-15-18-32(19-16-28)44-37(30-17-20-33(40-5)36(25-30)43-45(8,9)38(2,3)4)14-12-10-11-13-22-39-23-21-29-24-34(41-6)35(42-7)26-31(29)27-39/h15-20,24-26,37H,10-14,21-23,27H2,1-9H3. The zero-order chi connectivity index (χ0) is 32.6. The highest BCUT2D eigenvalue weighted by Crippen LogP contribution is 2.44. The van der Waals surface area contributed by atoms with E-state index >= 15 is 0 Å². The van der Waals surface area contributed by atoms with Gasteiger partial charge in [0.05, 0.1) is 21.3 Å². The molecule has 1 atom stereocenters.